The van der Waals surface area contributed by atoms with E-state index in [1.807, 2.05) is 0 Å². The van der Waals surface area contributed by atoms with Gasteiger partial charge in [-0.1, -0.05) is 99.3 Å². The third-order valence-electron chi connectivity index (χ3n) is 16.8. The second-order valence-electron chi connectivity index (χ2n) is 23.5. The van der Waals surface area contributed by atoms with Crippen LogP contribution in [0.15, 0.2) is 115 Å². The molecular formula is C68H66Cl2N8O17. The lowest BCUT2D eigenvalue weighted by molar-refractivity contribution is -0.137. The van der Waals surface area contributed by atoms with Crippen molar-refractivity contribution in [2.45, 2.75) is 113 Å². The number of aromatic hydroxyl groups is 6. The Labute approximate surface area is 552 Å². The summed E-state index contributed by atoms with van der Waals surface area (Å²) < 4.78 is 18.6. The molecule has 0 saturated heterocycles. The maximum absolute atomic E-state index is 15.9. The molecule has 13 rings (SSSR count). The number of benzene rings is 7. The van der Waals surface area contributed by atoms with E-state index in [1.165, 1.54) is 72.8 Å². The first-order chi connectivity index (χ1) is 45.5. The van der Waals surface area contributed by atoms with Crippen LogP contribution < -0.4 is 57.2 Å². The first-order valence-corrected chi connectivity index (χ1v) is 31.4. The highest BCUT2D eigenvalue weighted by Crippen LogP contribution is 2.48. The van der Waals surface area contributed by atoms with E-state index >= 15 is 19.2 Å². The molecule has 0 spiro atoms. The summed E-state index contributed by atoms with van der Waals surface area (Å²) in [4.78, 5) is 106. The van der Waals surface area contributed by atoms with E-state index in [0.29, 0.717) is 12.0 Å². The van der Waals surface area contributed by atoms with Crippen LogP contribution in [-0.4, -0.2) is 95.7 Å². The van der Waals surface area contributed by atoms with Crippen LogP contribution in [0.4, 0.5) is 0 Å². The molecule has 7 aromatic rings. The number of halogens is 2. The summed E-state index contributed by atoms with van der Waals surface area (Å²) in [5.41, 5.74) is 5.15. The first-order valence-electron chi connectivity index (χ1n) is 30.6. The molecule has 6 heterocycles. The number of rotatable bonds is 10. The lowest BCUT2D eigenvalue weighted by Crippen LogP contribution is -2.56. The number of unbranched alkanes of at least 4 members (excludes halogenated alkanes) is 7. The standard InChI is InChI=1S/C68H66Cl2N8O17/c1-2-3-4-5-6-7-8-9-18-72-64(88)58-41-29-38(80)30-47(83)53(41)40-23-33(12-14-45(40)81)55-65(89)78-59(68(92)77-58)60(84)34-13-17-49(43(70)24-34)95-52-27-36-26-51(61(52)85)94-48-16-10-31(19-42(48)69)20-44-62(86)74-56(66(90)76-57(36)67(91)75-55)35-21-37(79)28-39(22-35)93-50-25-32(11-15-46(50)82)54(71)63(87)73-44/h10-17,19,21-30,44,54-60,79-85H,2-9,18,20,71H2,1H3,(H,72,88)(H,73,87)(H,74,86)(H,75,91)(H,76,90)(H,77,92)(H,78,89)/t44-,54+,55-,56+,57-,58+,59+,60-/m1/s1. The van der Waals surface area contributed by atoms with Crippen molar-refractivity contribution >= 4 is 64.6 Å². The summed E-state index contributed by atoms with van der Waals surface area (Å²) >= 11 is 13.8. The van der Waals surface area contributed by atoms with Gasteiger partial charge in [-0.2, -0.15) is 0 Å². The Morgan fingerprint density at radius 2 is 1.09 bits per heavy atom. The number of ether oxygens (including phenoxy) is 3. The van der Waals surface area contributed by atoms with Crippen molar-refractivity contribution in [3.05, 3.63) is 164 Å². The van der Waals surface area contributed by atoms with Crippen LogP contribution in [0.5, 0.6) is 69.0 Å². The molecule has 17 bridgehead atoms. The zero-order chi connectivity index (χ0) is 67.5. The van der Waals surface area contributed by atoms with Gasteiger partial charge in [0.1, 0.15) is 88.6 Å². The predicted molar refractivity (Wildman–Crippen MR) is 343 cm³/mol. The molecule has 7 amide bonds. The Morgan fingerprint density at radius 1 is 0.516 bits per heavy atom. The van der Waals surface area contributed by atoms with Gasteiger partial charge in [0, 0.05) is 36.2 Å². The van der Waals surface area contributed by atoms with Gasteiger partial charge in [0.2, 0.25) is 47.1 Å². The molecule has 8 atom stereocenters. The maximum Gasteiger partial charge on any atom is 0.248 e. The van der Waals surface area contributed by atoms with E-state index in [4.69, 9.17) is 43.1 Å². The summed E-state index contributed by atoms with van der Waals surface area (Å²) in [5.74, 6) is -13.2. The smallest absolute Gasteiger partial charge is 0.248 e. The van der Waals surface area contributed by atoms with E-state index in [2.05, 4.69) is 44.1 Å². The lowest BCUT2D eigenvalue weighted by atomic mass is 9.89. The van der Waals surface area contributed by atoms with Gasteiger partial charge in [0.25, 0.3) is 0 Å². The highest BCUT2D eigenvalue weighted by Gasteiger charge is 2.41. The van der Waals surface area contributed by atoms with Gasteiger partial charge < -0.3 is 92.9 Å². The maximum atomic E-state index is 15.9. The fourth-order valence-corrected chi connectivity index (χ4v) is 12.3. The summed E-state index contributed by atoms with van der Waals surface area (Å²) in [7, 11) is 0. The van der Waals surface area contributed by atoms with Gasteiger partial charge in [-0.05, 0) is 124 Å². The Balaban J connectivity index is 1.08. The molecule has 6 aliphatic rings. The molecule has 7 aromatic carbocycles. The van der Waals surface area contributed by atoms with E-state index in [1.54, 1.807) is 0 Å². The van der Waals surface area contributed by atoms with Crippen LogP contribution in [-0.2, 0) is 40.0 Å². The fraction of sp³-hybridized carbons (Fsp3) is 0.279. The van der Waals surface area contributed by atoms with E-state index in [9.17, 15) is 50.1 Å². The zero-order valence-electron chi connectivity index (χ0n) is 50.7. The number of hydrogen-bond acceptors (Lipinski definition) is 18. The molecule has 95 heavy (non-hydrogen) atoms. The molecule has 0 saturated carbocycles. The van der Waals surface area contributed by atoms with Gasteiger partial charge in [0.05, 0.1) is 10.0 Å². The lowest BCUT2D eigenvalue weighted by Gasteiger charge is -2.31. The molecule has 0 radical (unpaired) electrons. The van der Waals surface area contributed by atoms with E-state index < -0.39 is 136 Å². The molecule has 16 N–H and O–H groups in total. The summed E-state index contributed by atoms with van der Waals surface area (Å²) in [6.07, 6.45) is 5.15. The minimum absolute atomic E-state index is 0.114. The summed E-state index contributed by atoms with van der Waals surface area (Å²) in [6, 6.07) is 9.63. The SMILES string of the molecule is CCCCCCCCCCNC(=O)[C@H]1NC(=O)[C@H]2NC(=O)[C@H](NC(=O)[C@@H]3NC(=O)[C@H]4NC(=O)[C@@H](Cc5ccc(c(Cl)c5)Oc5cc3cc(c5O)Oc3ccc(cc3Cl)[C@H]2O)NC(=O)[C@@H](N)c2ccc(O)c(c2)Oc2cc(O)cc4c2)c2ccc(O)c(c2)-c2c(O)cc(O)cc21. The van der Waals surface area contributed by atoms with Gasteiger partial charge in [-0.15, -0.1) is 0 Å². The van der Waals surface area contributed by atoms with Gasteiger partial charge >= 0.3 is 0 Å². The van der Waals surface area contributed by atoms with Crippen LogP contribution >= 0.6 is 23.2 Å². The van der Waals surface area contributed by atoms with Gasteiger partial charge in [-0.3, -0.25) is 33.6 Å². The number of carbonyl (C=O) groups excluding carboxylic acids is 7. The predicted octanol–water partition coefficient (Wildman–Crippen LogP) is 8.16. The van der Waals surface area contributed by atoms with Gasteiger partial charge in [-0.25, -0.2) is 0 Å². The largest absolute Gasteiger partial charge is 0.508 e. The van der Waals surface area contributed by atoms with Crippen molar-refractivity contribution in [3.63, 3.8) is 0 Å². The summed E-state index contributed by atoms with van der Waals surface area (Å²) in [6.45, 7) is 2.25. The Morgan fingerprint density at radius 3 is 1.78 bits per heavy atom. The molecule has 494 valence electrons. The van der Waals surface area contributed by atoms with Crippen molar-refractivity contribution in [2.75, 3.05) is 6.54 Å². The molecule has 6 aliphatic heterocycles. The molecule has 0 unspecified atom stereocenters. The average molecular weight is 1340 g/mol. The quantitative estimate of drug-likeness (QED) is 0.0574. The summed E-state index contributed by atoms with van der Waals surface area (Å²) in [5, 5.41) is 99.6. The minimum Gasteiger partial charge on any atom is -0.508 e. The highest BCUT2D eigenvalue weighted by atomic mass is 35.5. The number of phenolic OH excluding ortho intramolecular Hbond substituents is 6. The monoisotopic (exact) mass is 1340 g/mol. The van der Waals surface area contributed by atoms with Crippen LogP contribution in [0.1, 0.15) is 134 Å². The highest BCUT2D eigenvalue weighted by molar-refractivity contribution is 6.32. The Bertz CT molecular complexity index is 4230. The van der Waals surface area contributed by atoms with Crippen LogP contribution in [0, 0.1) is 0 Å². The zero-order valence-corrected chi connectivity index (χ0v) is 52.2. The fourth-order valence-electron chi connectivity index (χ4n) is 11.8. The molecule has 0 aliphatic carbocycles. The first kappa shape index (κ1) is 66.0. The van der Waals surface area contributed by atoms with Crippen molar-refractivity contribution in [1.82, 2.24) is 37.2 Å². The number of hydrogen-bond donors (Lipinski definition) is 15. The minimum atomic E-state index is -2.15. The molecular weight excluding hydrogens is 1270 g/mol. The second-order valence-corrected chi connectivity index (χ2v) is 24.3. The van der Waals surface area contributed by atoms with Crippen LogP contribution in [0.3, 0.4) is 0 Å². The molecule has 0 fully saturated rings. The van der Waals surface area contributed by atoms with Crippen LogP contribution in [0.2, 0.25) is 10.0 Å². The molecule has 25 nitrogen and oxygen atoms in total. The number of phenols is 6. The third kappa shape index (κ3) is 14.4. The Hall–Kier alpha value is -10.5. The number of fused-ring (bicyclic) bond motifs is 14. The van der Waals surface area contributed by atoms with Crippen LogP contribution in [0.25, 0.3) is 11.1 Å². The van der Waals surface area contributed by atoms with E-state index in [0.717, 1.165) is 87.4 Å². The Kier molecular flexibility index (Phi) is 19.5. The number of aliphatic hydroxyl groups is 1. The van der Waals surface area contributed by atoms with Crippen molar-refractivity contribution in [3.8, 4) is 80.1 Å². The van der Waals surface area contributed by atoms with E-state index in [-0.39, 0.29) is 90.5 Å². The topological polar surface area (TPSA) is 399 Å². The number of amides is 7. The number of aliphatic hydroxyl groups excluding tert-OH is 1. The number of nitrogens with one attached hydrogen (secondary N) is 7. The average Bonchev–Trinajstić information content (AvgIpc) is 0.772. The van der Waals surface area contributed by atoms with Crippen molar-refractivity contribution < 1.29 is 83.5 Å². The third-order valence-corrected chi connectivity index (χ3v) is 17.4. The normalized spacial score (nSPS) is 20.9. The van der Waals surface area contributed by atoms with Crippen molar-refractivity contribution in [1.29, 1.82) is 0 Å². The number of carbonyl (C=O) groups is 7. The second kappa shape index (κ2) is 28.0. The molecule has 0 aromatic heterocycles. The van der Waals surface area contributed by atoms with Crippen molar-refractivity contribution in [2.24, 2.45) is 5.73 Å². The van der Waals surface area contributed by atoms with Gasteiger partial charge in [0.15, 0.2) is 23.0 Å². The number of nitrogens with two attached hydrogens (primary N) is 1. The molecule has 27 heteroatoms.